The first-order valence-corrected chi connectivity index (χ1v) is 6.08. The van der Waals surface area contributed by atoms with Gasteiger partial charge in [0.2, 0.25) is 0 Å². The highest BCUT2D eigenvalue weighted by Crippen LogP contribution is 2.26. The summed E-state index contributed by atoms with van der Waals surface area (Å²) in [5.74, 6) is 0.434. The van der Waals surface area contributed by atoms with Gasteiger partial charge in [0.25, 0.3) is 0 Å². The fraction of sp³-hybridized carbons (Fsp3) is 0.417. The molecule has 1 rings (SSSR count). The van der Waals surface area contributed by atoms with Gasteiger partial charge in [-0.05, 0) is 24.6 Å². The van der Waals surface area contributed by atoms with Crippen molar-refractivity contribution >= 4 is 33.3 Å². The van der Waals surface area contributed by atoms with Crippen molar-refractivity contribution in [1.82, 2.24) is 0 Å². The van der Waals surface area contributed by atoms with E-state index in [2.05, 4.69) is 15.9 Å². The van der Waals surface area contributed by atoms with E-state index in [9.17, 15) is 4.79 Å². The molecule has 1 aromatic rings. The second-order valence-electron chi connectivity index (χ2n) is 4.31. The number of aryl methyl sites for hydroxylation is 1. The van der Waals surface area contributed by atoms with E-state index < -0.39 is 5.41 Å². The van der Waals surface area contributed by atoms with Crippen LogP contribution in [0.2, 0.25) is 0 Å². The maximum atomic E-state index is 12.1. The maximum absolute atomic E-state index is 12.1. The minimum atomic E-state index is -0.500. The Morgan fingerprint density at radius 3 is 2.53 bits per heavy atom. The Kier molecular flexibility index (Phi) is 3.96. The zero-order valence-electron chi connectivity index (χ0n) is 9.10. The molecule has 0 radical (unpaired) electrons. The maximum Gasteiger partial charge on any atom is 0.169 e. The summed E-state index contributed by atoms with van der Waals surface area (Å²) in [5, 5.41) is 0. The summed E-state index contributed by atoms with van der Waals surface area (Å²) in [5.41, 5.74) is 1.23. The van der Waals surface area contributed by atoms with Crippen LogP contribution in [0.25, 0.3) is 0 Å². The van der Waals surface area contributed by atoms with Gasteiger partial charge in [0, 0.05) is 21.3 Å². The lowest BCUT2D eigenvalue weighted by molar-refractivity contribution is 0.0861. The predicted molar refractivity (Wildman–Crippen MR) is 67.7 cm³/mol. The van der Waals surface area contributed by atoms with Gasteiger partial charge >= 0.3 is 0 Å². The Morgan fingerprint density at radius 2 is 2.07 bits per heavy atom. The zero-order chi connectivity index (χ0) is 11.6. The predicted octanol–water partition coefficient (Wildman–Crippen LogP) is 4.21. The Hall–Kier alpha value is -0.340. The molecule has 0 saturated heterocycles. The molecule has 0 aliphatic carbocycles. The summed E-state index contributed by atoms with van der Waals surface area (Å²) in [4.78, 5) is 12.1. The fourth-order valence-corrected chi connectivity index (χ4v) is 1.90. The number of rotatable bonds is 3. The zero-order valence-corrected chi connectivity index (χ0v) is 11.4. The molecule has 0 N–H and O–H groups in total. The van der Waals surface area contributed by atoms with Gasteiger partial charge in [-0.3, -0.25) is 4.79 Å². The van der Waals surface area contributed by atoms with Gasteiger partial charge in [-0.2, -0.15) is 0 Å². The lowest BCUT2D eigenvalue weighted by Crippen LogP contribution is -2.26. The van der Waals surface area contributed by atoms with Gasteiger partial charge in [-0.25, -0.2) is 0 Å². The summed E-state index contributed by atoms with van der Waals surface area (Å²) in [7, 11) is 0. The van der Waals surface area contributed by atoms with Crippen LogP contribution in [0.5, 0.6) is 0 Å². The molecule has 3 heteroatoms. The van der Waals surface area contributed by atoms with Crippen LogP contribution < -0.4 is 0 Å². The van der Waals surface area contributed by atoms with Crippen molar-refractivity contribution in [1.29, 1.82) is 0 Å². The fourth-order valence-electron chi connectivity index (χ4n) is 1.31. The molecule has 15 heavy (non-hydrogen) atoms. The highest BCUT2D eigenvalue weighted by atomic mass is 79.9. The lowest BCUT2D eigenvalue weighted by atomic mass is 9.85. The Morgan fingerprint density at radius 1 is 1.47 bits per heavy atom. The standard InChI is InChI=1S/C12H14BrClO/c1-8-6-9(13)4-5-10(8)11(15)12(2,3)7-14/h4-6H,7H2,1-3H3. The number of Topliss-reactive ketones (excluding diaryl/α,β-unsaturated/α-hetero) is 1. The van der Waals surface area contributed by atoms with Crippen LogP contribution in [-0.4, -0.2) is 11.7 Å². The van der Waals surface area contributed by atoms with Gasteiger partial charge in [-0.15, -0.1) is 11.6 Å². The van der Waals surface area contributed by atoms with E-state index in [0.717, 1.165) is 15.6 Å². The molecule has 0 aromatic heterocycles. The third-order valence-corrected chi connectivity index (χ3v) is 3.54. The molecule has 0 saturated carbocycles. The topological polar surface area (TPSA) is 17.1 Å². The summed E-state index contributed by atoms with van der Waals surface area (Å²) in [6, 6.07) is 5.66. The first kappa shape index (κ1) is 12.7. The highest BCUT2D eigenvalue weighted by Gasteiger charge is 2.28. The van der Waals surface area contributed by atoms with Crippen LogP contribution in [-0.2, 0) is 0 Å². The monoisotopic (exact) mass is 288 g/mol. The van der Waals surface area contributed by atoms with Crippen LogP contribution in [0.1, 0.15) is 29.8 Å². The van der Waals surface area contributed by atoms with Crippen molar-refractivity contribution in [3.63, 3.8) is 0 Å². The van der Waals surface area contributed by atoms with Crippen molar-refractivity contribution < 1.29 is 4.79 Å². The van der Waals surface area contributed by atoms with Crippen LogP contribution in [0.4, 0.5) is 0 Å². The first-order chi connectivity index (χ1) is 6.88. The van der Waals surface area contributed by atoms with E-state index in [1.54, 1.807) is 0 Å². The summed E-state index contributed by atoms with van der Waals surface area (Å²) < 4.78 is 0.986. The van der Waals surface area contributed by atoms with E-state index in [1.165, 1.54) is 0 Å². The van der Waals surface area contributed by atoms with Gasteiger partial charge in [0.15, 0.2) is 5.78 Å². The lowest BCUT2D eigenvalue weighted by Gasteiger charge is -2.20. The highest BCUT2D eigenvalue weighted by molar-refractivity contribution is 9.10. The Bertz CT molecular complexity index is 385. The molecule has 0 spiro atoms. The molecule has 0 atom stereocenters. The number of hydrogen-bond acceptors (Lipinski definition) is 1. The van der Waals surface area contributed by atoms with Crippen molar-refractivity contribution in [2.24, 2.45) is 5.41 Å². The molecule has 0 aliphatic heterocycles. The van der Waals surface area contributed by atoms with Crippen LogP contribution in [0.15, 0.2) is 22.7 Å². The van der Waals surface area contributed by atoms with E-state index >= 15 is 0 Å². The first-order valence-electron chi connectivity index (χ1n) is 4.75. The van der Waals surface area contributed by atoms with Crippen molar-refractivity contribution in [2.45, 2.75) is 20.8 Å². The quantitative estimate of drug-likeness (QED) is 0.602. The summed E-state index contributed by atoms with van der Waals surface area (Å²) in [6.07, 6.45) is 0. The number of alkyl halides is 1. The third kappa shape index (κ3) is 2.82. The van der Waals surface area contributed by atoms with Gasteiger partial charge in [0.1, 0.15) is 0 Å². The average molecular weight is 290 g/mol. The van der Waals surface area contributed by atoms with Gasteiger partial charge in [-0.1, -0.05) is 35.8 Å². The van der Waals surface area contributed by atoms with E-state index in [0.29, 0.717) is 5.88 Å². The minimum absolute atomic E-state index is 0.0995. The van der Waals surface area contributed by atoms with E-state index in [1.807, 2.05) is 39.0 Å². The van der Waals surface area contributed by atoms with Crippen LogP contribution in [0, 0.1) is 12.3 Å². The largest absolute Gasteiger partial charge is 0.294 e. The van der Waals surface area contributed by atoms with Crippen LogP contribution >= 0.6 is 27.5 Å². The van der Waals surface area contributed by atoms with E-state index in [-0.39, 0.29) is 5.78 Å². The normalized spacial score (nSPS) is 11.5. The number of carbonyl (C=O) groups excluding carboxylic acids is 1. The molecule has 0 heterocycles. The summed E-state index contributed by atoms with van der Waals surface area (Å²) in [6.45, 7) is 5.66. The Labute approximate surface area is 104 Å². The molecular weight excluding hydrogens is 275 g/mol. The van der Waals surface area contributed by atoms with Gasteiger partial charge in [0.05, 0.1) is 0 Å². The SMILES string of the molecule is Cc1cc(Br)ccc1C(=O)C(C)(C)CCl. The number of ketones is 1. The number of benzene rings is 1. The molecule has 0 fully saturated rings. The second-order valence-corrected chi connectivity index (χ2v) is 5.49. The molecule has 0 bridgehead atoms. The van der Waals surface area contributed by atoms with Crippen molar-refractivity contribution in [3.8, 4) is 0 Å². The average Bonchev–Trinajstić information content (AvgIpc) is 2.17. The van der Waals surface area contributed by atoms with Gasteiger partial charge < -0.3 is 0 Å². The number of hydrogen-bond donors (Lipinski definition) is 0. The molecule has 82 valence electrons. The molecule has 0 aliphatic rings. The molecule has 1 aromatic carbocycles. The molecule has 0 unspecified atom stereocenters. The van der Waals surface area contributed by atoms with Crippen LogP contribution in [0.3, 0.4) is 0 Å². The number of carbonyl (C=O) groups is 1. The molecule has 1 nitrogen and oxygen atoms in total. The minimum Gasteiger partial charge on any atom is -0.294 e. The number of halogens is 2. The second kappa shape index (κ2) is 4.67. The summed E-state index contributed by atoms with van der Waals surface area (Å²) >= 11 is 9.17. The third-order valence-electron chi connectivity index (χ3n) is 2.38. The van der Waals surface area contributed by atoms with E-state index in [4.69, 9.17) is 11.6 Å². The smallest absolute Gasteiger partial charge is 0.169 e. The molecule has 0 amide bonds. The molecular formula is C12H14BrClO. The Balaban J connectivity index is 3.12. The van der Waals surface area contributed by atoms with Crippen molar-refractivity contribution in [2.75, 3.05) is 5.88 Å². The van der Waals surface area contributed by atoms with Crippen molar-refractivity contribution in [3.05, 3.63) is 33.8 Å².